The molecule has 0 unspecified atom stereocenters. The number of nitrogens with zero attached hydrogens (tertiary/aromatic N) is 2. The molecule has 1 aliphatic heterocycles. The molecule has 0 atom stereocenters. The predicted octanol–water partition coefficient (Wildman–Crippen LogP) is 4.05. The maximum absolute atomic E-state index is 4.57. The van der Waals surface area contributed by atoms with Crippen LogP contribution in [-0.4, -0.2) is 22.8 Å². The molecule has 3 heterocycles. The minimum Gasteiger partial charge on any atom is -0.373 e. The molecule has 20 heavy (non-hydrogen) atoms. The Hall–Kier alpha value is -1.59. The molecular formula is C15H13N3S2. The fraction of sp³-hybridized carbons (Fsp3) is 0.200. The molecule has 0 bridgehead atoms. The summed E-state index contributed by atoms with van der Waals surface area (Å²) in [5.74, 6) is 2.03. The van der Waals surface area contributed by atoms with Crippen LogP contribution in [0.2, 0.25) is 0 Å². The Kier molecular flexibility index (Phi) is 2.89. The van der Waals surface area contributed by atoms with Crippen molar-refractivity contribution in [3.05, 3.63) is 36.2 Å². The van der Waals surface area contributed by atoms with Crippen molar-refractivity contribution in [1.29, 1.82) is 0 Å². The van der Waals surface area contributed by atoms with Crippen molar-refractivity contribution in [3.63, 3.8) is 0 Å². The topological polar surface area (TPSA) is 37.8 Å². The van der Waals surface area contributed by atoms with Crippen molar-refractivity contribution in [2.75, 3.05) is 18.1 Å². The summed E-state index contributed by atoms with van der Waals surface area (Å²) in [5.41, 5.74) is 2.35. The Balaban J connectivity index is 2.05. The number of aromatic nitrogens is 2. The molecule has 3 aromatic rings. The zero-order valence-electron chi connectivity index (χ0n) is 11.0. The highest BCUT2D eigenvalue weighted by Crippen LogP contribution is 2.47. The Morgan fingerprint density at radius 1 is 1.20 bits per heavy atom. The highest BCUT2D eigenvalue weighted by molar-refractivity contribution is 7.99. The van der Waals surface area contributed by atoms with Gasteiger partial charge in [0.15, 0.2) is 0 Å². The summed E-state index contributed by atoms with van der Waals surface area (Å²) in [7, 11) is 1.92. The molecule has 1 aromatic carbocycles. The SMILES string of the molecule is CNc1ncnc2c1CCSc1c-2sc2ccccc12. The Morgan fingerprint density at radius 2 is 2.10 bits per heavy atom. The van der Waals surface area contributed by atoms with Gasteiger partial charge in [0.05, 0.1) is 10.6 Å². The maximum atomic E-state index is 4.57. The number of hydrogen-bond donors (Lipinski definition) is 1. The van der Waals surface area contributed by atoms with Gasteiger partial charge in [0, 0.05) is 33.3 Å². The summed E-state index contributed by atoms with van der Waals surface area (Å²) in [6.45, 7) is 0. The van der Waals surface area contributed by atoms with Gasteiger partial charge in [0.2, 0.25) is 0 Å². The minimum absolute atomic E-state index is 0.959. The third-order valence-corrected chi connectivity index (χ3v) is 5.97. The normalized spacial score (nSPS) is 13.7. The lowest BCUT2D eigenvalue weighted by Crippen LogP contribution is -2.02. The lowest BCUT2D eigenvalue weighted by atomic mass is 10.1. The van der Waals surface area contributed by atoms with E-state index in [9.17, 15) is 0 Å². The molecule has 0 spiro atoms. The first-order valence-corrected chi connectivity index (χ1v) is 8.35. The smallest absolute Gasteiger partial charge is 0.133 e. The van der Waals surface area contributed by atoms with Gasteiger partial charge in [0.1, 0.15) is 12.1 Å². The number of fused-ring (bicyclic) bond motifs is 5. The summed E-state index contributed by atoms with van der Waals surface area (Å²) in [4.78, 5) is 11.6. The second kappa shape index (κ2) is 4.75. The Labute approximate surface area is 125 Å². The van der Waals surface area contributed by atoms with Crippen LogP contribution in [-0.2, 0) is 6.42 Å². The van der Waals surface area contributed by atoms with Crippen LogP contribution in [0.5, 0.6) is 0 Å². The van der Waals surface area contributed by atoms with Gasteiger partial charge >= 0.3 is 0 Å². The largest absolute Gasteiger partial charge is 0.373 e. The highest BCUT2D eigenvalue weighted by atomic mass is 32.2. The molecule has 0 saturated heterocycles. The van der Waals surface area contributed by atoms with Crippen LogP contribution >= 0.6 is 23.1 Å². The maximum Gasteiger partial charge on any atom is 0.133 e. The molecule has 5 heteroatoms. The predicted molar refractivity (Wildman–Crippen MR) is 86.8 cm³/mol. The summed E-state index contributed by atoms with van der Waals surface area (Å²) in [6, 6.07) is 8.61. The molecule has 0 saturated carbocycles. The fourth-order valence-electron chi connectivity index (χ4n) is 2.64. The molecule has 1 N–H and O–H groups in total. The van der Waals surface area contributed by atoms with Crippen LogP contribution in [0.1, 0.15) is 5.56 Å². The zero-order chi connectivity index (χ0) is 13.5. The van der Waals surface area contributed by atoms with E-state index >= 15 is 0 Å². The van der Waals surface area contributed by atoms with Gasteiger partial charge in [-0.2, -0.15) is 0 Å². The molecular weight excluding hydrogens is 286 g/mol. The lowest BCUT2D eigenvalue weighted by Gasteiger charge is -2.08. The van der Waals surface area contributed by atoms with Crippen molar-refractivity contribution in [2.24, 2.45) is 0 Å². The third-order valence-electron chi connectivity index (χ3n) is 3.55. The lowest BCUT2D eigenvalue weighted by molar-refractivity contribution is 1.06. The van der Waals surface area contributed by atoms with Crippen molar-refractivity contribution in [1.82, 2.24) is 9.97 Å². The van der Waals surface area contributed by atoms with E-state index in [1.807, 2.05) is 30.1 Å². The molecule has 0 fully saturated rings. The van der Waals surface area contributed by atoms with Crippen LogP contribution in [0.4, 0.5) is 5.82 Å². The van der Waals surface area contributed by atoms with Crippen LogP contribution < -0.4 is 5.32 Å². The summed E-state index contributed by atoms with van der Waals surface area (Å²) in [5, 5.41) is 4.55. The van der Waals surface area contributed by atoms with Gasteiger partial charge in [-0.3, -0.25) is 0 Å². The van der Waals surface area contributed by atoms with E-state index in [0.717, 1.165) is 23.7 Å². The minimum atomic E-state index is 0.959. The second-order valence-corrected chi connectivity index (χ2v) is 6.81. The monoisotopic (exact) mass is 299 g/mol. The molecule has 1 aliphatic rings. The number of rotatable bonds is 1. The van der Waals surface area contributed by atoms with E-state index < -0.39 is 0 Å². The average Bonchev–Trinajstić information content (AvgIpc) is 2.76. The quantitative estimate of drug-likeness (QED) is 0.735. The number of hydrogen-bond acceptors (Lipinski definition) is 5. The highest BCUT2D eigenvalue weighted by Gasteiger charge is 2.23. The van der Waals surface area contributed by atoms with Gasteiger partial charge in [0.25, 0.3) is 0 Å². The number of thiophene rings is 1. The van der Waals surface area contributed by atoms with Crippen LogP contribution in [0.3, 0.4) is 0 Å². The summed E-state index contributed by atoms with van der Waals surface area (Å²) < 4.78 is 1.34. The van der Waals surface area contributed by atoms with Gasteiger partial charge in [-0.05, 0) is 12.5 Å². The van der Waals surface area contributed by atoms with Gasteiger partial charge < -0.3 is 5.32 Å². The first kappa shape index (κ1) is 12.2. The number of nitrogens with one attached hydrogen (secondary N) is 1. The number of benzene rings is 1. The molecule has 0 radical (unpaired) electrons. The Bertz CT molecular complexity index is 795. The van der Waals surface area contributed by atoms with Gasteiger partial charge in [-0.1, -0.05) is 18.2 Å². The van der Waals surface area contributed by atoms with Crippen molar-refractivity contribution in [2.45, 2.75) is 11.3 Å². The van der Waals surface area contributed by atoms with E-state index in [4.69, 9.17) is 0 Å². The average molecular weight is 299 g/mol. The molecule has 100 valence electrons. The van der Waals surface area contributed by atoms with Gasteiger partial charge in [-0.25, -0.2) is 9.97 Å². The van der Waals surface area contributed by atoms with Crippen molar-refractivity contribution < 1.29 is 0 Å². The second-order valence-electron chi connectivity index (χ2n) is 4.65. The van der Waals surface area contributed by atoms with E-state index in [0.29, 0.717) is 0 Å². The Morgan fingerprint density at radius 3 is 3.00 bits per heavy atom. The number of anilines is 1. The molecule has 4 rings (SSSR count). The summed E-state index contributed by atoms with van der Waals surface area (Å²) >= 11 is 3.77. The van der Waals surface area contributed by atoms with Crippen LogP contribution in [0, 0.1) is 0 Å². The first-order chi connectivity index (χ1) is 9.88. The molecule has 0 aliphatic carbocycles. The van der Waals surface area contributed by atoms with E-state index in [2.05, 4.69) is 39.6 Å². The van der Waals surface area contributed by atoms with Crippen molar-refractivity contribution >= 4 is 39.0 Å². The van der Waals surface area contributed by atoms with Crippen LogP contribution in [0.25, 0.3) is 20.7 Å². The van der Waals surface area contributed by atoms with E-state index in [1.54, 1.807) is 6.33 Å². The van der Waals surface area contributed by atoms with Crippen LogP contribution in [0.15, 0.2) is 35.5 Å². The summed E-state index contributed by atoms with van der Waals surface area (Å²) in [6.07, 6.45) is 2.67. The standard InChI is InChI=1S/C15H13N3S2/c1-16-15-10-6-7-19-13-9-4-2-3-5-11(9)20-14(13)12(10)17-8-18-15/h2-5,8H,6-7H2,1H3,(H,16,17,18). The molecule has 0 amide bonds. The van der Waals surface area contributed by atoms with Gasteiger partial charge in [-0.15, -0.1) is 23.1 Å². The molecule has 3 nitrogen and oxygen atoms in total. The molecule has 2 aromatic heterocycles. The van der Waals surface area contributed by atoms with E-state index in [-0.39, 0.29) is 0 Å². The fourth-order valence-corrected chi connectivity index (χ4v) is 5.20. The van der Waals surface area contributed by atoms with E-state index in [1.165, 1.54) is 25.4 Å². The zero-order valence-corrected chi connectivity index (χ0v) is 12.6. The first-order valence-electron chi connectivity index (χ1n) is 6.55. The van der Waals surface area contributed by atoms with Crippen molar-refractivity contribution in [3.8, 4) is 10.6 Å². The third kappa shape index (κ3) is 1.73. The number of thioether (sulfide) groups is 1.